The van der Waals surface area contributed by atoms with E-state index in [1.165, 1.54) is 6.08 Å². The number of esters is 1. The van der Waals surface area contributed by atoms with Gasteiger partial charge < -0.3 is 14.9 Å². The largest absolute Gasteiger partial charge is 0.480 e. The van der Waals surface area contributed by atoms with Crippen LogP contribution in [0.15, 0.2) is 24.3 Å². The molecule has 1 aliphatic carbocycles. The monoisotopic (exact) mass is 541 g/mol. The number of carboxylic acid groups (broad SMARTS) is 2. The lowest BCUT2D eigenvalue weighted by Gasteiger charge is -2.27. The van der Waals surface area contributed by atoms with Crippen molar-refractivity contribution in [2.45, 2.75) is 58.7 Å². The predicted molar refractivity (Wildman–Crippen MR) is 134 cm³/mol. The Balaban J connectivity index is 0. The van der Waals surface area contributed by atoms with Gasteiger partial charge in [0.2, 0.25) is 0 Å². The van der Waals surface area contributed by atoms with Crippen molar-refractivity contribution in [1.29, 1.82) is 15.8 Å². The molecule has 0 spiro atoms. The first-order valence-electron chi connectivity index (χ1n) is 10.8. The summed E-state index contributed by atoms with van der Waals surface area (Å²) < 4.78 is 3.80. The Hall–Kier alpha value is -3.06. The number of hydrogen-bond donors (Lipinski definition) is 2. The summed E-state index contributed by atoms with van der Waals surface area (Å²) in [6.07, 6.45) is 3.65. The number of carboxylic acids is 2. The Morgan fingerprint density at radius 1 is 1.08 bits per heavy atom. The van der Waals surface area contributed by atoms with Crippen molar-refractivity contribution in [2.24, 2.45) is 28.6 Å². The summed E-state index contributed by atoms with van der Waals surface area (Å²) in [6.45, 7) is 14.3. The van der Waals surface area contributed by atoms with E-state index in [4.69, 9.17) is 49.2 Å². The third-order valence-electron chi connectivity index (χ3n) is 5.45. The maximum Gasteiger partial charge on any atom is 0.321 e. The Labute approximate surface area is 222 Å². The minimum atomic E-state index is -1.12. The van der Waals surface area contributed by atoms with Crippen LogP contribution in [0.3, 0.4) is 0 Å². The number of halogens is 2. The molecule has 0 bridgehead atoms. The third kappa shape index (κ3) is 12.1. The SMILES string of the molecule is C=CC(C)(C)C(C#N)C(=O)O.CC(C)(C(C#N)C(=O)O)C1CC1(Cl)Cl.CC(C)=CCOC(=O)CC#N. The fourth-order valence-electron chi connectivity index (χ4n) is 2.84. The number of ether oxygens (including phenoxy) is 1. The highest BCUT2D eigenvalue weighted by Gasteiger charge is 2.62. The first-order valence-corrected chi connectivity index (χ1v) is 11.5. The molecular weight excluding hydrogens is 509 g/mol. The van der Waals surface area contributed by atoms with Gasteiger partial charge in [-0.3, -0.25) is 14.4 Å². The van der Waals surface area contributed by atoms with Crippen LogP contribution in [0.1, 0.15) is 54.4 Å². The molecule has 0 aliphatic heterocycles. The second kappa shape index (κ2) is 15.1. The van der Waals surface area contributed by atoms with Gasteiger partial charge in [-0.2, -0.15) is 15.8 Å². The first-order chi connectivity index (χ1) is 16.3. The number of allylic oxidation sites excluding steroid dienone is 2. The summed E-state index contributed by atoms with van der Waals surface area (Å²) in [5.41, 5.74) is -0.264. The molecule has 198 valence electrons. The highest BCUT2D eigenvalue weighted by molar-refractivity contribution is 6.51. The van der Waals surface area contributed by atoms with Gasteiger partial charge in [0.15, 0.2) is 5.92 Å². The number of carbonyl (C=O) groups is 3. The van der Waals surface area contributed by atoms with E-state index in [0.717, 1.165) is 5.57 Å². The molecule has 36 heavy (non-hydrogen) atoms. The molecule has 2 N–H and O–H groups in total. The van der Waals surface area contributed by atoms with Gasteiger partial charge >= 0.3 is 17.9 Å². The van der Waals surface area contributed by atoms with Crippen molar-refractivity contribution in [3.05, 3.63) is 24.3 Å². The van der Waals surface area contributed by atoms with E-state index in [1.54, 1.807) is 52.0 Å². The van der Waals surface area contributed by atoms with E-state index in [9.17, 15) is 14.4 Å². The summed E-state index contributed by atoms with van der Waals surface area (Å²) in [5, 5.41) is 42.7. The van der Waals surface area contributed by atoms with E-state index in [2.05, 4.69) is 11.3 Å². The Morgan fingerprint density at radius 3 is 1.78 bits per heavy atom. The number of nitriles is 3. The van der Waals surface area contributed by atoms with E-state index in [0.29, 0.717) is 6.42 Å². The molecule has 3 unspecified atom stereocenters. The van der Waals surface area contributed by atoms with E-state index in [1.807, 2.05) is 13.8 Å². The lowest BCUT2D eigenvalue weighted by atomic mass is 9.75. The molecule has 0 heterocycles. The van der Waals surface area contributed by atoms with Gasteiger partial charge in [-0.05, 0) is 31.8 Å². The summed E-state index contributed by atoms with van der Waals surface area (Å²) in [6, 6.07) is 5.22. The highest BCUT2D eigenvalue weighted by atomic mass is 35.5. The van der Waals surface area contributed by atoms with E-state index >= 15 is 0 Å². The van der Waals surface area contributed by atoms with Gasteiger partial charge in [0.25, 0.3) is 0 Å². The molecule has 0 aromatic carbocycles. The maximum absolute atomic E-state index is 10.8. The number of alkyl halides is 2. The van der Waals surface area contributed by atoms with Crippen LogP contribution in [0.25, 0.3) is 0 Å². The fourth-order valence-corrected chi connectivity index (χ4v) is 3.71. The molecule has 1 rings (SSSR count). The molecule has 0 aromatic heterocycles. The summed E-state index contributed by atoms with van der Waals surface area (Å²) in [4.78, 5) is 31.8. The Kier molecular flexibility index (Phi) is 14.8. The standard InChI is InChI=1S/C9H11Cl2NO2.2C8H11NO2/c1-8(2,5(4-12)7(13)14)6-3-9(6,10)11;1-7(2)4-6-11-8(10)3-5-9;1-4-8(2,3)6(5-9)7(10)11/h5-6H,3H2,1-2H3,(H,13,14);4H,3,6H2,1-2H3;4,6H,1H2,2-3H3,(H,10,11). The van der Waals surface area contributed by atoms with Crippen LogP contribution in [0.5, 0.6) is 0 Å². The predicted octanol–water partition coefficient (Wildman–Crippen LogP) is 5.26. The minimum absolute atomic E-state index is 0.126. The topological polar surface area (TPSA) is 172 Å². The quantitative estimate of drug-likeness (QED) is 0.224. The third-order valence-corrected chi connectivity index (χ3v) is 6.29. The van der Waals surface area contributed by atoms with Crippen molar-refractivity contribution in [3.63, 3.8) is 0 Å². The van der Waals surface area contributed by atoms with Crippen LogP contribution >= 0.6 is 23.2 Å². The van der Waals surface area contributed by atoms with Crippen molar-refractivity contribution >= 4 is 41.1 Å². The van der Waals surface area contributed by atoms with Gasteiger partial charge in [0.1, 0.15) is 23.3 Å². The number of rotatable bonds is 9. The highest BCUT2D eigenvalue weighted by Crippen LogP contribution is 2.63. The zero-order valence-electron chi connectivity index (χ0n) is 21.3. The van der Waals surface area contributed by atoms with Crippen LogP contribution in [-0.4, -0.2) is 39.1 Å². The van der Waals surface area contributed by atoms with Crippen molar-refractivity contribution < 1.29 is 29.3 Å². The van der Waals surface area contributed by atoms with Crippen LogP contribution in [-0.2, 0) is 19.1 Å². The molecular formula is C25H33Cl2N3O6. The van der Waals surface area contributed by atoms with E-state index < -0.39 is 44.9 Å². The Bertz CT molecular complexity index is 964. The molecule has 11 heteroatoms. The first kappa shape index (κ1) is 35.1. The molecule has 0 aromatic rings. The molecule has 0 radical (unpaired) electrons. The van der Waals surface area contributed by atoms with Crippen LogP contribution in [0.2, 0.25) is 0 Å². The van der Waals surface area contributed by atoms with Gasteiger partial charge in [-0.25, -0.2) is 0 Å². The molecule has 0 saturated heterocycles. The average Bonchev–Trinajstić information content (AvgIpc) is 3.38. The molecule has 3 atom stereocenters. The van der Waals surface area contributed by atoms with Gasteiger partial charge in [0.05, 0.1) is 18.2 Å². The number of nitrogens with zero attached hydrogens (tertiary/aromatic N) is 3. The van der Waals surface area contributed by atoms with Crippen LogP contribution in [0, 0.1) is 62.6 Å². The molecule has 1 aliphatic rings. The average molecular weight is 542 g/mol. The maximum atomic E-state index is 10.8. The summed E-state index contributed by atoms with van der Waals surface area (Å²) in [5.74, 6) is -4.89. The molecule has 1 saturated carbocycles. The lowest BCUT2D eigenvalue weighted by molar-refractivity contribution is -0.144. The normalized spacial score (nSPS) is 16.8. The molecule has 0 amide bonds. The second-order valence-electron chi connectivity index (χ2n) is 9.46. The van der Waals surface area contributed by atoms with Crippen molar-refractivity contribution in [1.82, 2.24) is 0 Å². The van der Waals surface area contributed by atoms with Crippen LogP contribution in [0.4, 0.5) is 0 Å². The minimum Gasteiger partial charge on any atom is -0.480 e. The number of hydrogen-bond acceptors (Lipinski definition) is 7. The molecule has 1 fully saturated rings. The number of aliphatic carboxylic acids is 2. The Morgan fingerprint density at radius 2 is 1.53 bits per heavy atom. The second-order valence-corrected chi connectivity index (χ2v) is 11.0. The zero-order chi connectivity index (χ0) is 28.9. The van der Waals surface area contributed by atoms with E-state index in [-0.39, 0.29) is 18.9 Å². The summed E-state index contributed by atoms with van der Waals surface area (Å²) >= 11 is 11.7. The zero-order valence-corrected chi connectivity index (χ0v) is 22.9. The molecule has 9 nitrogen and oxygen atoms in total. The number of carbonyl (C=O) groups excluding carboxylic acids is 1. The van der Waals surface area contributed by atoms with Crippen molar-refractivity contribution in [3.8, 4) is 18.2 Å². The summed E-state index contributed by atoms with van der Waals surface area (Å²) in [7, 11) is 0. The van der Waals surface area contributed by atoms with Gasteiger partial charge in [0, 0.05) is 11.3 Å². The van der Waals surface area contributed by atoms with Gasteiger partial charge in [-0.15, -0.1) is 29.8 Å². The fraction of sp³-hybridized carbons (Fsp3) is 0.600. The van der Waals surface area contributed by atoms with Crippen molar-refractivity contribution in [2.75, 3.05) is 6.61 Å². The smallest absolute Gasteiger partial charge is 0.321 e. The van der Waals surface area contributed by atoms with Gasteiger partial charge in [-0.1, -0.05) is 39.3 Å². The lowest BCUT2D eigenvalue weighted by Crippen LogP contribution is -2.33. The van der Waals surface area contributed by atoms with Crippen LogP contribution < -0.4 is 0 Å².